The van der Waals surface area contributed by atoms with Gasteiger partial charge in [0.05, 0.1) is 16.8 Å². The molecule has 2 aliphatic rings. The van der Waals surface area contributed by atoms with Crippen LogP contribution in [0.1, 0.15) is 57.9 Å². The van der Waals surface area contributed by atoms with Crippen molar-refractivity contribution in [1.82, 2.24) is 10.2 Å². The van der Waals surface area contributed by atoms with Crippen LogP contribution in [0.3, 0.4) is 0 Å². The zero-order valence-electron chi connectivity index (χ0n) is 17.5. The number of amides is 4. The highest BCUT2D eigenvalue weighted by Gasteiger charge is 2.40. The number of ether oxygens (including phenoxy) is 2. The monoisotopic (exact) mass is 526 g/mol. The van der Waals surface area contributed by atoms with Crippen LogP contribution in [0.4, 0.5) is 4.79 Å². The van der Waals surface area contributed by atoms with Gasteiger partial charge in [-0.25, -0.2) is 4.79 Å². The third-order valence-corrected chi connectivity index (χ3v) is 6.33. The lowest BCUT2D eigenvalue weighted by atomic mass is 9.93. The minimum Gasteiger partial charge on any atom is -0.493 e. The Kier molecular flexibility index (Phi) is 7.38. The summed E-state index contributed by atoms with van der Waals surface area (Å²) in [4.78, 5) is 39.1. The third kappa shape index (κ3) is 4.79. The van der Waals surface area contributed by atoms with Crippen LogP contribution < -0.4 is 14.8 Å². The molecular weight excluding hydrogens is 499 g/mol. The van der Waals surface area contributed by atoms with E-state index in [-0.39, 0.29) is 17.7 Å². The number of urea groups is 1. The van der Waals surface area contributed by atoms with E-state index in [1.54, 1.807) is 13.2 Å². The molecule has 7 nitrogen and oxygen atoms in total. The standard InChI is InChI=1S/C22H27IN2O5/c1-4-13(2)30-19-17(23)11-14(12-18(19)29-3)10-16-20(26)24-22(28)25(21(16)27)15-8-6-5-7-9-15/h10-13,15H,4-9H2,1-3H3,(H,24,26,28)/b16-10-/t13-/m1/s1. The highest BCUT2D eigenvalue weighted by molar-refractivity contribution is 14.1. The number of imide groups is 2. The fourth-order valence-electron chi connectivity index (χ4n) is 3.73. The van der Waals surface area contributed by atoms with Gasteiger partial charge in [0, 0.05) is 6.04 Å². The van der Waals surface area contributed by atoms with Gasteiger partial charge in [0.15, 0.2) is 11.5 Å². The summed E-state index contributed by atoms with van der Waals surface area (Å²) in [7, 11) is 1.55. The molecule has 4 amide bonds. The Morgan fingerprint density at radius 1 is 1.23 bits per heavy atom. The van der Waals surface area contributed by atoms with Gasteiger partial charge in [-0.15, -0.1) is 0 Å². The Morgan fingerprint density at radius 3 is 2.57 bits per heavy atom. The summed E-state index contributed by atoms with van der Waals surface area (Å²) in [5.41, 5.74) is 0.581. The van der Waals surface area contributed by atoms with Crippen LogP contribution in [0.5, 0.6) is 11.5 Å². The van der Waals surface area contributed by atoms with Crippen LogP contribution in [0, 0.1) is 3.57 Å². The fourth-order valence-corrected chi connectivity index (χ4v) is 4.48. The van der Waals surface area contributed by atoms with Crippen molar-refractivity contribution in [1.29, 1.82) is 0 Å². The van der Waals surface area contributed by atoms with E-state index >= 15 is 0 Å². The zero-order chi connectivity index (χ0) is 21.8. The molecule has 1 aliphatic heterocycles. The minimum absolute atomic E-state index is 0.0254. The number of hydrogen-bond acceptors (Lipinski definition) is 5. The molecule has 0 bridgehead atoms. The van der Waals surface area contributed by atoms with Crippen molar-refractivity contribution in [3.8, 4) is 11.5 Å². The molecule has 30 heavy (non-hydrogen) atoms. The van der Waals surface area contributed by atoms with E-state index in [9.17, 15) is 14.4 Å². The molecule has 1 N–H and O–H groups in total. The Labute approximate surface area is 190 Å². The highest BCUT2D eigenvalue weighted by Crippen LogP contribution is 2.36. The normalized spacial score (nSPS) is 20.3. The van der Waals surface area contributed by atoms with Gasteiger partial charge in [-0.3, -0.25) is 19.8 Å². The first-order chi connectivity index (χ1) is 14.3. The molecule has 1 saturated heterocycles. The summed E-state index contributed by atoms with van der Waals surface area (Å²) in [6.45, 7) is 4.02. The van der Waals surface area contributed by atoms with E-state index in [4.69, 9.17) is 9.47 Å². The maximum atomic E-state index is 13.1. The number of benzene rings is 1. The summed E-state index contributed by atoms with van der Waals surface area (Å²) < 4.78 is 12.2. The number of halogens is 1. The van der Waals surface area contributed by atoms with Crippen LogP contribution in [-0.2, 0) is 9.59 Å². The van der Waals surface area contributed by atoms with Gasteiger partial charge in [0.1, 0.15) is 5.57 Å². The molecule has 1 aromatic rings. The molecule has 0 unspecified atom stereocenters. The van der Waals surface area contributed by atoms with Crippen molar-refractivity contribution in [2.24, 2.45) is 0 Å². The number of nitrogens with zero attached hydrogens (tertiary/aromatic N) is 1. The van der Waals surface area contributed by atoms with E-state index < -0.39 is 17.8 Å². The number of hydrogen-bond donors (Lipinski definition) is 1. The molecule has 1 atom stereocenters. The zero-order valence-corrected chi connectivity index (χ0v) is 19.7. The van der Waals surface area contributed by atoms with Crippen LogP contribution in [-0.4, -0.2) is 42.0 Å². The third-order valence-electron chi connectivity index (χ3n) is 5.53. The second-order valence-corrected chi connectivity index (χ2v) is 8.82. The Morgan fingerprint density at radius 2 is 1.93 bits per heavy atom. The second kappa shape index (κ2) is 9.80. The van der Waals surface area contributed by atoms with Crippen LogP contribution in [0.25, 0.3) is 6.08 Å². The average molecular weight is 526 g/mol. The summed E-state index contributed by atoms with van der Waals surface area (Å²) >= 11 is 2.15. The first kappa shape index (κ1) is 22.6. The van der Waals surface area contributed by atoms with Crippen molar-refractivity contribution in [2.75, 3.05) is 7.11 Å². The van der Waals surface area contributed by atoms with Gasteiger partial charge in [0.2, 0.25) is 0 Å². The van der Waals surface area contributed by atoms with Gasteiger partial charge >= 0.3 is 6.03 Å². The van der Waals surface area contributed by atoms with E-state index in [1.807, 2.05) is 19.9 Å². The Hall–Kier alpha value is -2.10. The topological polar surface area (TPSA) is 84.9 Å². The lowest BCUT2D eigenvalue weighted by Gasteiger charge is -2.35. The Bertz CT molecular complexity index is 877. The number of rotatable bonds is 6. The predicted octanol–water partition coefficient (Wildman–Crippen LogP) is 4.27. The summed E-state index contributed by atoms with van der Waals surface area (Å²) in [6, 6.07) is 2.77. The van der Waals surface area contributed by atoms with E-state index in [1.165, 1.54) is 11.0 Å². The number of carbonyl (C=O) groups excluding carboxylic acids is 3. The molecule has 0 radical (unpaired) electrons. The fraction of sp³-hybridized carbons (Fsp3) is 0.500. The summed E-state index contributed by atoms with van der Waals surface area (Å²) in [5, 5.41) is 2.32. The second-order valence-electron chi connectivity index (χ2n) is 7.66. The average Bonchev–Trinajstić information content (AvgIpc) is 2.73. The van der Waals surface area contributed by atoms with Crippen molar-refractivity contribution < 1.29 is 23.9 Å². The first-order valence-corrected chi connectivity index (χ1v) is 11.4. The first-order valence-electron chi connectivity index (χ1n) is 10.3. The maximum Gasteiger partial charge on any atom is 0.331 e. The van der Waals surface area contributed by atoms with Crippen LogP contribution in [0.15, 0.2) is 17.7 Å². The van der Waals surface area contributed by atoms with Crippen LogP contribution in [0.2, 0.25) is 0 Å². The predicted molar refractivity (Wildman–Crippen MR) is 121 cm³/mol. The molecule has 162 valence electrons. The Balaban J connectivity index is 1.94. The molecule has 1 saturated carbocycles. The number of methoxy groups -OCH3 is 1. The molecule has 1 aromatic carbocycles. The SMILES string of the molecule is CC[C@@H](C)Oc1c(I)cc(/C=C2/C(=O)NC(=O)N(C3CCCCC3)C2=O)cc1OC. The lowest BCUT2D eigenvalue weighted by Crippen LogP contribution is -2.58. The summed E-state index contributed by atoms with van der Waals surface area (Å²) in [5.74, 6) is -0.0542. The quantitative estimate of drug-likeness (QED) is 0.340. The van der Waals surface area contributed by atoms with E-state index in [2.05, 4.69) is 27.9 Å². The molecule has 0 aromatic heterocycles. The van der Waals surface area contributed by atoms with E-state index in [0.29, 0.717) is 17.1 Å². The summed E-state index contributed by atoms with van der Waals surface area (Å²) in [6.07, 6.45) is 6.98. The van der Waals surface area contributed by atoms with Crippen molar-refractivity contribution in [3.63, 3.8) is 0 Å². The molecule has 3 rings (SSSR count). The van der Waals surface area contributed by atoms with Crippen molar-refractivity contribution >= 4 is 46.5 Å². The molecule has 2 fully saturated rings. The maximum absolute atomic E-state index is 13.1. The molecule has 0 spiro atoms. The van der Waals surface area contributed by atoms with Gasteiger partial charge < -0.3 is 9.47 Å². The van der Waals surface area contributed by atoms with E-state index in [0.717, 1.165) is 42.1 Å². The highest BCUT2D eigenvalue weighted by atomic mass is 127. The van der Waals surface area contributed by atoms with Gasteiger partial charge in [-0.1, -0.05) is 26.2 Å². The number of nitrogens with one attached hydrogen (secondary N) is 1. The van der Waals surface area contributed by atoms with Crippen molar-refractivity contribution in [3.05, 3.63) is 26.8 Å². The molecular formula is C22H27IN2O5. The number of carbonyl (C=O) groups is 3. The van der Waals surface area contributed by atoms with Gasteiger partial charge in [-0.05, 0) is 72.5 Å². The smallest absolute Gasteiger partial charge is 0.331 e. The number of barbiturate groups is 1. The lowest BCUT2D eigenvalue weighted by molar-refractivity contribution is -0.132. The molecule has 1 heterocycles. The van der Waals surface area contributed by atoms with Crippen molar-refractivity contribution in [2.45, 2.75) is 64.5 Å². The van der Waals surface area contributed by atoms with Crippen LogP contribution >= 0.6 is 22.6 Å². The van der Waals surface area contributed by atoms with Gasteiger partial charge in [0.25, 0.3) is 11.8 Å². The molecule has 8 heteroatoms. The molecule has 1 aliphatic carbocycles. The van der Waals surface area contributed by atoms with Gasteiger partial charge in [-0.2, -0.15) is 0 Å². The minimum atomic E-state index is -0.675. The largest absolute Gasteiger partial charge is 0.493 e.